The average molecular weight is 466 g/mol. The van der Waals surface area contributed by atoms with Gasteiger partial charge in [0.25, 0.3) is 11.5 Å². The molecule has 1 aliphatic heterocycles. The van der Waals surface area contributed by atoms with Crippen LogP contribution in [0.5, 0.6) is 0 Å². The Morgan fingerprint density at radius 1 is 1.16 bits per heavy atom. The number of aromatic nitrogens is 3. The summed E-state index contributed by atoms with van der Waals surface area (Å²) in [6.45, 7) is 5.73. The summed E-state index contributed by atoms with van der Waals surface area (Å²) in [6.07, 6.45) is 0.962. The molecule has 1 atom stereocenters. The van der Waals surface area contributed by atoms with E-state index in [4.69, 9.17) is 0 Å². The summed E-state index contributed by atoms with van der Waals surface area (Å²) in [5.41, 5.74) is 2.09. The number of hydrogen-bond acceptors (Lipinski definition) is 5. The lowest BCUT2D eigenvalue weighted by atomic mass is 10.0. The molecule has 2 aromatic heterocycles. The second-order valence-electron chi connectivity index (χ2n) is 7.27. The summed E-state index contributed by atoms with van der Waals surface area (Å²) < 4.78 is 0. The minimum atomic E-state index is -0.643. The molecule has 1 unspecified atom stereocenters. The van der Waals surface area contributed by atoms with E-state index in [2.05, 4.69) is 51.5 Å². The highest BCUT2D eigenvalue weighted by Gasteiger charge is 2.29. The Bertz CT molecular complexity index is 1190. The first-order valence-electron chi connectivity index (χ1n) is 9.72. The number of piperazine rings is 1. The molecule has 1 fully saturated rings. The van der Waals surface area contributed by atoms with Crippen LogP contribution in [0.15, 0.2) is 39.9 Å². The van der Waals surface area contributed by atoms with E-state index in [1.165, 1.54) is 5.56 Å². The first kappa shape index (κ1) is 24.6. The zero-order chi connectivity index (χ0) is 20.5. The van der Waals surface area contributed by atoms with Gasteiger partial charge in [0, 0.05) is 19.6 Å². The van der Waals surface area contributed by atoms with Gasteiger partial charge in [-0.3, -0.25) is 19.6 Å². The van der Waals surface area contributed by atoms with Crippen molar-refractivity contribution in [1.82, 2.24) is 25.2 Å². The normalized spacial score (nSPS) is 15.8. The number of pyridine rings is 1. The van der Waals surface area contributed by atoms with Gasteiger partial charge in [-0.2, -0.15) is 0 Å². The summed E-state index contributed by atoms with van der Waals surface area (Å²) in [4.78, 5) is 47.9. The van der Waals surface area contributed by atoms with E-state index in [0.717, 1.165) is 12.0 Å². The summed E-state index contributed by atoms with van der Waals surface area (Å²) in [5.74, 6) is -0.220. The lowest BCUT2D eigenvalue weighted by Crippen LogP contribution is -2.49. The number of nitrogens with zero attached hydrogens (tertiary/aromatic N) is 2. The largest absolute Gasteiger partial charge is 0.328 e. The highest BCUT2D eigenvalue weighted by molar-refractivity contribution is 5.95. The maximum Gasteiger partial charge on any atom is 0.327 e. The Kier molecular flexibility index (Phi) is 8.00. The lowest BCUT2D eigenvalue weighted by Gasteiger charge is -2.36. The number of nitrogens with one attached hydrogen (secondary N) is 3. The molecule has 31 heavy (non-hydrogen) atoms. The quantitative estimate of drug-likeness (QED) is 0.548. The van der Waals surface area contributed by atoms with Gasteiger partial charge in [-0.1, -0.05) is 31.2 Å². The Morgan fingerprint density at radius 3 is 2.55 bits per heavy atom. The second-order valence-corrected chi connectivity index (χ2v) is 7.27. The molecule has 0 bridgehead atoms. The fourth-order valence-corrected chi connectivity index (χ4v) is 3.83. The van der Waals surface area contributed by atoms with Crippen LogP contribution in [0.25, 0.3) is 11.0 Å². The van der Waals surface area contributed by atoms with Gasteiger partial charge in [0.2, 0.25) is 0 Å². The molecule has 3 N–H and O–H groups in total. The van der Waals surface area contributed by atoms with E-state index in [1.807, 2.05) is 0 Å². The fourth-order valence-electron chi connectivity index (χ4n) is 3.83. The number of aromatic amines is 2. The van der Waals surface area contributed by atoms with Gasteiger partial charge in [-0.25, -0.2) is 9.78 Å². The van der Waals surface area contributed by atoms with Gasteiger partial charge >= 0.3 is 5.69 Å². The molecule has 10 heteroatoms. The number of benzene rings is 1. The maximum absolute atomic E-state index is 13.3. The Morgan fingerprint density at radius 2 is 1.87 bits per heavy atom. The van der Waals surface area contributed by atoms with Crippen LogP contribution >= 0.6 is 24.8 Å². The smallest absolute Gasteiger partial charge is 0.327 e. The summed E-state index contributed by atoms with van der Waals surface area (Å²) in [6, 6.07) is 9.79. The molecule has 4 rings (SSSR count). The Hall–Kier alpha value is -2.68. The molecular weight excluding hydrogens is 441 g/mol. The van der Waals surface area contributed by atoms with Crippen LogP contribution in [-0.2, 0) is 6.42 Å². The molecule has 1 aromatic carbocycles. The molecule has 3 heterocycles. The minimum Gasteiger partial charge on any atom is -0.328 e. The molecule has 1 amide bonds. The molecule has 1 aliphatic rings. The van der Waals surface area contributed by atoms with Crippen molar-refractivity contribution in [2.24, 2.45) is 0 Å². The highest BCUT2D eigenvalue weighted by atomic mass is 35.5. The minimum absolute atomic E-state index is 0. The summed E-state index contributed by atoms with van der Waals surface area (Å²) in [5, 5.41) is 3.63. The van der Waals surface area contributed by atoms with Crippen molar-refractivity contribution in [2.45, 2.75) is 26.3 Å². The van der Waals surface area contributed by atoms with Gasteiger partial charge in [0.1, 0.15) is 11.3 Å². The van der Waals surface area contributed by atoms with Crippen molar-refractivity contribution in [1.29, 1.82) is 0 Å². The highest BCUT2D eigenvalue weighted by Crippen LogP contribution is 2.25. The third kappa shape index (κ3) is 4.81. The van der Waals surface area contributed by atoms with Crippen LogP contribution in [0.3, 0.4) is 0 Å². The number of carbonyl (C=O) groups is 1. The monoisotopic (exact) mass is 465 g/mol. The van der Waals surface area contributed by atoms with E-state index >= 15 is 0 Å². The first-order chi connectivity index (χ1) is 14.0. The summed E-state index contributed by atoms with van der Waals surface area (Å²) >= 11 is 0. The molecule has 0 saturated carbocycles. The van der Waals surface area contributed by atoms with Crippen LogP contribution in [0.1, 0.15) is 40.1 Å². The molecule has 0 radical (unpaired) electrons. The van der Waals surface area contributed by atoms with Gasteiger partial charge in [0.15, 0.2) is 0 Å². The van der Waals surface area contributed by atoms with E-state index in [1.54, 1.807) is 17.9 Å². The lowest BCUT2D eigenvalue weighted by molar-refractivity contribution is 0.0628. The topological polar surface area (TPSA) is 111 Å². The fraction of sp³-hybridized carbons (Fsp3) is 0.333. The number of fused-ring (bicyclic) bond motifs is 1. The summed E-state index contributed by atoms with van der Waals surface area (Å²) in [7, 11) is 0. The predicted molar refractivity (Wildman–Crippen MR) is 125 cm³/mol. The molecule has 3 aromatic rings. The van der Waals surface area contributed by atoms with E-state index in [9.17, 15) is 14.4 Å². The third-order valence-corrected chi connectivity index (χ3v) is 5.40. The van der Waals surface area contributed by atoms with E-state index in [-0.39, 0.29) is 53.5 Å². The van der Waals surface area contributed by atoms with Crippen LogP contribution in [0.2, 0.25) is 0 Å². The number of H-pyrrole nitrogens is 2. The van der Waals surface area contributed by atoms with E-state index in [0.29, 0.717) is 25.2 Å². The zero-order valence-corrected chi connectivity index (χ0v) is 18.9. The van der Waals surface area contributed by atoms with Crippen LogP contribution in [-0.4, -0.2) is 45.4 Å². The van der Waals surface area contributed by atoms with Crippen molar-refractivity contribution in [3.63, 3.8) is 0 Å². The zero-order valence-electron chi connectivity index (χ0n) is 17.2. The van der Waals surface area contributed by atoms with Gasteiger partial charge in [0.05, 0.1) is 11.4 Å². The van der Waals surface area contributed by atoms with Crippen molar-refractivity contribution in [3.8, 4) is 0 Å². The average Bonchev–Trinajstić information content (AvgIpc) is 2.72. The number of amides is 1. The molecular formula is C21H25Cl2N5O3. The Labute approximate surface area is 191 Å². The predicted octanol–water partition coefficient (Wildman–Crippen LogP) is 2.11. The molecule has 0 spiro atoms. The second kappa shape index (κ2) is 10.1. The number of rotatable bonds is 3. The number of carbonyl (C=O) groups excluding carboxylic acids is 1. The Balaban J connectivity index is 0.00000171. The molecule has 1 saturated heterocycles. The van der Waals surface area contributed by atoms with Gasteiger partial charge < -0.3 is 10.2 Å². The number of halogens is 2. The van der Waals surface area contributed by atoms with Crippen LogP contribution in [0, 0.1) is 6.92 Å². The number of hydrogen-bond donors (Lipinski definition) is 3. The van der Waals surface area contributed by atoms with Gasteiger partial charge in [-0.15, -0.1) is 24.8 Å². The standard InChI is InChI=1S/C21H23N5O3.2ClH/c1-3-13-4-6-14(7-5-13)16-11-22-8-9-26(16)20(28)15-10-12(2)17-18(23-15)24-21(29)25-19(17)27;;/h4-7,10,16,22H,3,8-9,11H2,1-2H3,(H2,23,24,25,27,29);2*1H. The molecule has 166 valence electrons. The van der Waals surface area contributed by atoms with E-state index < -0.39 is 11.2 Å². The third-order valence-electron chi connectivity index (χ3n) is 5.40. The van der Waals surface area contributed by atoms with Gasteiger partial charge in [-0.05, 0) is 36.1 Å². The first-order valence-corrected chi connectivity index (χ1v) is 9.72. The van der Waals surface area contributed by atoms with Crippen molar-refractivity contribution in [3.05, 3.63) is 73.6 Å². The molecule has 8 nitrogen and oxygen atoms in total. The number of aryl methyl sites for hydroxylation is 2. The van der Waals surface area contributed by atoms with Crippen LogP contribution in [0.4, 0.5) is 0 Å². The van der Waals surface area contributed by atoms with Crippen molar-refractivity contribution in [2.75, 3.05) is 19.6 Å². The van der Waals surface area contributed by atoms with Crippen LogP contribution < -0.4 is 16.6 Å². The van der Waals surface area contributed by atoms with Crippen molar-refractivity contribution < 1.29 is 4.79 Å². The maximum atomic E-state index is 13.3. The SMILES string of the molecule is CCc1ccc(C2CNCCN2C(=O)c2cc(C)c3c(=O)[nH]c(=O)[nH]c3n2)cc1.Cl.Cl. The van der Waals surface area contributed by atoms with Crippen molar-refractivity contribution >= 4 is 41.8 Å². The molecule has 0 aliphatic carbocycles.